The van der Waals surface area contributed by atoms with E-state index in [2.05, 4.69) is 10.6 Å². The van der Waals surface area contributed by atoms with E-state index < -0.39 is 11.8 Å². The van der Waals surface area contributed by atoms with E-state index in [0.717, 1.165) is 16.3 Å². The first-order valence-corrected chi connectivity index (χ1v) is 7.85. The first-order valence-electron chi connectivity index (χ1n) is 7.85. The van der Waals surface area contributed by atoms with Gasteiger partial charge in [0.15, 0.2) is 0 Å². The van der Waals surface area contributed by atoms with Crippen molar-refractivity contribution in [1.82, 2.24) is 5.32 Å². The van der Waals surface area contributed by atoms with Crippen LogP contribution < -0.4 is 10.6 Å². The van der Waals surface area contributed by atoms with Gasteiger partial charge in [0, 0.05) is 17.6 Å². The molecule has 120 valence electrons. The van der Waals surface area contributed by atoms with Crippen LogP contribution in [0, 0.1) is 0 Å². The standard InChI is InChI=1S/C20H18N2O2/c23-19(21-14-13-15-7-2-1-3-8-15)20(24)22-18-12-6-10-16-9-4-5-11-17(16)18/h1-12H,13-14H2,(H,21,23)(H,22,24). The van der Waals surface area contributed by atoms with Gasteiger partial charge in [-0.3, -0.25) is 9.59 Å². The highest BCUT2D eigenvalue weighted by Crippen LogP contribution is 2.22. The highest BCUT2D eigenvalue weighted by molar-refractivity contribution is 6.40. The number of rotatable bonds is 4. The molecule has 0 saturated heterocycles. The second-order valence-corrected chi connectivity index (χ2v) is 5.47. The fourth-order valence-corrected chi connectivity index (χ4v) is 2.56. The molecule has 2 amide bonds. The number of hydrogen-bond acceptors (Lipinski definition) is 2. The van der Waals surface area contributed by atoms with Crippen LogP contribution in [0.15, 0.2) is 72.8 Å². The van der Waals surface area contributed by atoms with E-state index in [1.165, 1.54) is 0 Å². The van der Waals surface area contributed by atoms with Gasteiger partial charge in [-0.05, 0) is 23.4 Å². The third-order valence-electron chi connectivity index (χ3n) is 3.79. The highest BCUT2D eigenvalue weighted by atomic mass is 16.2. The zero-order chi connectivity index (χ0) is 16.8. The van der Waals surface area contributed by atoms with Crippen molar-refractivity contribution in [2.45, 2.75) is 6.42 Å². The number of carbonyl (C=O) groups excluding carboxylic acids is 2. The van der Waals surface area contributed by atoms with Crippen molar-refractivity contribution in [2.75, 3.05) is 11.9 Å². The SMILES string of the molecule is O=C(NCCc1ccccc1)C(=O)Nc1cccc2ccccc12. The Morgan fingerprint density at radius 1 is 0.750 bits per heavy atom. The van der Waals surface area contributed by atoms with Crippen molar-refractivity contribution in [3.8, 4) is 0 Å². The van der Waals surface area contributed by atoms with E-state index in [-0.39, 0.29) is 0 Å². The van der Waals surface area contributed by atoms with E-state index in [1.807, 2.05) is 66.7 Å². The topological polar surface area (TPSA) is 58.2 Å². The summed E-state index contributed by atoms with van der Waals surface area (Å²) in [5, 5.41) is 7.25. The van der Waals surface area contributed by atoms with E-state index in [4.69, 9.17) is 0 Å². The molecule has 0 unspecified atom stereocenters. The van der Waals surface area contributed by atoms with Crippen molar-refractivity contribution in [3.05, 3.63) is 78.4 Å². The van der Waals surface area contributed by atoms with Crippen LogP contribution in [0.4, 0.5) is 5.69 Å². The maximum Gasteiger partial charge on any atom is 0.313 e. The highest BCUT2D eigenvalue weighted by Gasteiger charge is 2.14. The molecule has 3 rings (SSSR count). The quantitative estimate of drug-likeness (QED) is 0.726. The lowest BCUT2D eigenvalue weighted by Crippen LogP contribution is -2.36. The molecule has 0 aliphatic carbocycles. The Kier molecular flexibility index (Phi) is 4.87. The average molecular weight is 318 g/mol. The Hall–Kier alpha value is -3.14. The number of anilines is 1. The molecule has 0 atom stereocenters. The Morgan fingerprint density at radius 2 is 1.46 bits per heavy atom. The van der Waals surface area contributed by atoms with Crippen molar-refractivity contribution in [2.24, 2.45) is 0 Å². The molecule has 4 nitrogen and oxygen atoms in total. The summed E-state index contributed by atoms with van der Waals surface area (Å²) in [6.07, 6.45) is 0.689. The Labute approximate surface area is 140 Å². The molecule has 0 bridgehead atoms. The van der Waals surface area contributed by atoms with Gasteiger partial charge in [-0.15, -0.1) is 0 Å². The Bertz CT molecular complexity index is 854. The van der Waals surface area contributed by atoms with Crippen molar-refractivity contribution < 1.29 is 9.59 Å². The fraction of sp³-hybridized carbons (Fsp3) is 0.100. The number of benzene rings is 3. The summed E-state index contributed by atoms with van der Waals surface area (Å²) in [5.41, 5.74) is 1.75. The number of fused-ring (bicyclic) bond motifs is 1. The molecule has 24 heavy (non-hydrogen) atoms. The summed E-state index contributed by atoms with van der Waals surface area (Å²) in [4.78, 5) is 24.0. The number of hydrogen-bond donors (Lipinski definition) is 2. The molecule has 0 spiro atoms. The minimum atomic E-state index is -0.653. The summed E-state index contributed by atoms with van der Waals surface area (Å²) in [6.45, 7) is 0.422. The van der Waals surface area contributed by atoms with Crippen molar-refractivity contribution in [3.63, 3.8) is 0 Å². The van der Waals surface area contributed by atoms with Crippen LogP contribution in [0.25, 0.3) is 10.8 Å². The van der Waals surface area contributed by atoms with Gasteiger partial charge in [-0.1, -0.05) is 66.7 Å². The van der Waals surface area contributed by atoms with Gasteiger partial charge in [0.25, 0.3) is 0 Å². The number of carbonyl (C=O) groups is 2. The van der Waals surface area contributed by atoms with Crippen LogP contribution >= 0.6 is 0 Å². The summed E-state index contributed by atoms with van der Waals surface area (Å²) in [6, 6.07) is 23.1. The summed E-state index contributed by atoms with van der Waals surface area (Å²) in [5.74, 6) is -1.28. The van der Waals surface area contributed by atoms with E-state index in [0.29, 0.717) is 18.7 Å². The lowest BCUT2D eigenvalue weighted by Gasteiger charge is -2.09. The molecule has 0 aromatic heterocycles. The molecule has 3 aromatic rings. The zero-order valence-electron chi connectivity index (χ0n) is 13.2. The van der Waals surface area contributed by atoms with Gasteiger partial charge in [-0.2, -0.15) is 0 Å². The van der Waals surface area contributed by atoms with Gasteiger partial charge in [0.2, 0.25) is 0 Å². The molecular weight excluding hydrogens is 300 g/mol. The molecule has 2 N–H and O–H groups in total. The molecule has 0 aliphatic heterocycles. The van der Waals surface area contributed by atoms with Gasteiger partial charge in [0.05, 0.1) is 0 Å². The predicted molar refractivity (Wildman–Crippen MR) is 95.7 cm³/mol. The summed E-state index contributed by atoms with van der Waals surface area (Å²) >= 11 is 0. The summed E-state index contributed by atoms with van der Waals surface area (Å²) < 4.78 is 0. The molecule has 0 heterocycles. The van der Waals surface area contributed by atoms with Gasteiger partial charge >= 0.3 is 11.8 Å². The summed E-state index contributed by atoms with van der Waals surface area (Å²) in [7, 11) is 0. The average Bonchev–Trinajstić information content (AvgIpc) is 2.63. The van der Waals surface area contributed by atoms with Gasteiger partial charge in [-0.25, -0.2) is 0 Å². The first-order chi connectivity index (χ1) is 11.7. The van der Waals surface area contributed by atoms with Crippen LogP contribution in [-0.4, -0.2) is 18.4 Å². The first kappa shape index (κ1) is 15.7. The van der Waals surface area contributed by atoms with Crippen LogP contribution in [0.3, 0.4) is 0 Å². The molecule has 0 radical (unpaired) electrons. The van der Waals surface area contributed by atoms with Crippen molar-refractivity contribution in [1.29, 1.82) is 0 Å². The monoisotopic (exact) mass is 318 g/mol. The molecule has 4 heteroatoms. The molecule has 0 aliphatic rings. The smallest absolute Gasteiger partial charge is 0.313 e. The normalized spacial score (nSPS) is 10.3. The van der Waals surface area contributed by atoms with Gasteiger partial charge < -0.3 is 10.6 Å². The second kappa shape index (κ2) is 7.42. The zero-order valence-corrected chi connectivity index (χ0v) is 13.2. The van der Waals surface area contributed by atoms with Crippen LogP contribution in [0.1, 0.15) is 5.56 Å². The van der Waals surface area contributed by atoms with E-state index in [1.54, 1.807) is 6.07 Å². The predicted octanol–water partition coefficient (Wildman–Crippen LogP) is 3.14. The second-order valence-electron chi connectivity index (χ2n) is 5.47. The van der Waals surface area contributed by atoms with Gasteiger partial charge in [0.1, 0.15) is 0 Å². The molecule has 0 saturated carbocycles. The van der Waals surface area contributed by atoms with Crippen LogP contribution in [-0.2, 0) is 16.0 Å². The van der Waals surface area contributed by atoms with Crippen LogP contribution in [0.5, 0.6) is 0 Å². The third kappa shape index (κ3) is 3.79. The lowest BCUT2D eigenvalue weighted by molar-refractivity contribution is -0.136. The van der Waals surface area contributed by atoms with Crippen LogP contribution in [0.2, 0.25) is 0 Å². The lowest BCUT2D eigenvalue weighted by atomic mass is 10.1. The Morgan fingerprint density at radius 3 is 2.29 bits per heavy atom. The van der Waals surface area contributed by atoms with E-state index in [9.17, 15) is 9.59 Å². The Balaban J connectivity index is 1.59. The van der Waals surface area contributed by atoms with Crippen molar-refractivity contribution >= 4 is 28.3 Å². The largest absolute Gasteiger partial charge is 0.347 e. The molecule has 3 aromatic carbocycles. The van der Waals surface area contributed by atoms with E-state index >= 15 is 0 Å². The molecular formula is C20H18N2O2. The maximum absolute atomic E-state index is 12.1. The fourth-order valence-electron chi connectivity index (χ4n) is 2.56. The third-order valence-corrected chi connectivity index (χ3v) is 3.79. The minimum absolute atomic E-state index is 0.422. The molecule has 0 fully saturated rings. The number of amides is 2. The minimum Gasteiger partial charge on any atom is -0.347 e. The maximum atomic E-state index is 12.1. The number of nitrogens with one attached hydrogen (secondary N) is 2.